The lowest BCUT2D eigenvalue weighted by Gasteiger charge is -1.97. The minimum Gasteiger partial charge on any atom is -0.396 e. The van der Waals surface area contributed by atoms with Crippen LogP contribution in [0.3, 0.4) is 0 Å². The molecule has 13 heavy (non-hydrogen) atoms. The van der Waals surface area contributed by atoms with E-state index in [4.69, 9.17) is 5.11 Å². The fourth-order valence-electron chi connectivity index (χ4n) is 1.05. The van der Waals surface area contributed by atoms with Crippen LogP contribution in [0, 0.1) is 0 Å². The number of nitrogens with zero attached hydrogens (tertiary/aromatic N) is 3. The first-order valence-electron chi connectivity index (χ1n) is 4.35. The Morgan fingerprint density at radius 1 is 1.62 bits per heavy atom. The number of aromatic nitrogens is 3. The number of hydrogen-bond donors (Lipinski definition) is 1. The maximum Gasteiger partial charge on any atom is 0.0849 e. The van der Waals surface area contributed by atoms with Crippen molar-refractivity contribution < 1.29 is 5.11 Å². The second-order valence-electron chi connectivity index (χ2n) is 2.79. The lowest BCUT2D eigenvalue weighted by molar-refractivity contribution is 0.298. The van der Waals surface area contributed by atoms with Gasteiger partial charge in [0, 0.05) is 25.8 Å². The van der Waals surface area contributed by atoms with Gasteiger partial charge in [-0.1, -0.05) is 5.21 Å². The van der Waals surface area contributed by atoms with Crippen molar-refractivity contribution in [2.24, 2.45) is 0 Å². The Labute approximate surface area is 82.3 Å². The second kappa shape index (κ2) is 5.99. The molecule has 0 aliphatic heterocycles. The largest absolute Gasteiger partial charge is 0.396 e. The third kappa shape index (κ3) is 3.78. The van der Waals surface area contributed by atoms with E-state index in [-0.39, 0.29) is 6.61 Å². The lowest BCUT2D eigenvalue weighted by atomic mass is 10.3. The van der Waals surface area contributed by atoms with Gasteiger partial charge in [-0.05, 0) is 18.4 Å². The standard InChI is InChI=1S/C8H15N3OS/c1-13-6-2-4-11-7-8(3-5-12)9-10-11/h7,12H,2-6H2,1H3. The number of aliphatic hydroxyl groups excluding tert-OH is 1. The minimum absolute atomic E-state index is 0.142. The predicted octanol–water partition coefficient (Wildman–Crippen LogP) is 0.566. The summed E-state index contributed by atoms with van der Waals surface area (Å²) in [7, 11) is 0. The van der Waals surface area contributed by atoms with E-state index in [1.54, 1.807) is 0 Å². The molecule has 74 valence electrons. The monoisotopic (exact) mass is 201 g/mol. The molecule has 0 aliphatic rings. The molecule has 0 saturated carbocycles. The van der Waals surface area contributed by atoms with Crippen LogP contribution >= 0.6 is 11.8 Å². The van der Waals surface area contributed by atoms with E-state index >= 15 is 0 Å². The Balaban J connectivity index is 2.31. The molecule has 0 aromatic carbocycles. The van der Waals surface area contributed by atoms with Crippen LogP contribution < -0.4 is 0 Å². The number of aryl methyl sites for hydroxylation is 1. The van der Waals surface area contributed by atoms with Gasteiger partial charge >= 0.3 is 0 Å². The second-order valence-corrected chi connectivity index (χ2v) is 3.78. The summed E-state index contributed by atoms with van der Waals surface area (Å²) in [5, 5.41) is 16.5. The Morgan fingerprint density at radius 3 is 3.15 bits per heavy atom. The molecule has 1 rings (SSSR count). The van der Waals surface area contributed by atoms with Crippen LogP contribution in [0.15, 0.2) is 6.20 Å². The molecular formula is C8H15N3OS. The highest BCUT2D eigenvalue weighted by Crippen LogP contribution is 1.99. The SMILES string of the molecule is CSCCCn1cc(CCO)nn1. The molecule has 0 unspecified atom stereocenters. The van der Waals surface area contributed by atoms with Crippen molar-refractivity contribution in [3.05, 3.63) is 11.9 Å². The van der Waals surface area contributed by atoms with E-state index in [2.05, 4.69) is 16.6 Å². The molecule has 0 aliphatic carbocycles. The predicted molar refractivity (Wildman–Crippen MR) is 53.8 cm³/mol. The Morgan fingerprint density at radius 2 is 2.46 bits per heavy atom. The van der Waals surface area contributed by atoms with Crippen molar-refractivity contribution in [1.82, 2.24) is 15.0 Å². The average Bonchev–Trinajstić information content (AvgIpc) is 2.54. The van der Waals surface area contributed by atoms with E-state index in [0.717, 1.165) is 24.4 Å². The van der Waals surface area contributed by atoms with Crippen LogP contribution in [0.1, 0.15) is 12.1 Å². The molecule has 1 N–H and O–H groups in total. The molecule has 0 atom stereocenters. The smallest absolute Gasteiger partial charge is 0.0849 e. The lowest BCUT2D eigenvalue weighted by Crippen LogP contribution is -1.99. The number of aliphatic hydroxyl groups is 1. The molecule has 0 saturated heterocycles. The first kappa shape index (κ1) is 10.5. The van der Waals surface area contributed by atoms with Crippen molar-refractivity contribution in [2.45, 2.75) is 19.4 Å². The summed E-state index contributed by atoms with van der Waals surface area (Å²) in [6.07, 6.45) is 5.71. The molecule has 0 bridgehead atoms. The summed E-state index contributed by atoms with van der Waals surface area (Å²) in [5.74, 6) is 1.15. The summed E-state index contributed by atoms with van der Waals surface area (Å²) in [6.45, 7) is 1.06. The van der Waals surface area contributed by atoms with Crippen molar-refractivity contribution in [1.29, 1.82) is 0 Å². The molecular weight excluding hydrogens is 186 g/mol. The van der Waals surface area contributed by atoms with Crippen molar-refractivity contribution in [3.8, 4) is 0 Å². The van der Waals surface area contributed by atoms with Crippen LogP contribution in [0.5, 0.6) is 0 Å². The average molecular weight is 201 g/mol. The van der Waals surface area contributed by atoms with Gasteiger partial charge in [-0.3, -0.25) is 4.68 Å². The third-order valence-electron chi connectivity index (χ3n) is 1.69. The summed E-state index contributed by atoms with van der Waals surface area (Å²) >= 11 is 1.84. The number of rotatable bonds is 6. The highest BCUT2D eigenvalue weighted by Gasteiger charge is 1.98. The van der Waals surface area contributed by atoms with Gasteiger partial charge in [-0.2, -0.15) is 11.8 Å². The van der Waals surface area contributed by atoms with Gasteiger partial charge in [0.2, 0.25) is 0 Å². The molecule has 0 fully saturated rings. The fraction of sp³-hybridized carbons (Fsp3) is 0.750. The zero-order valence-electron chi connectivity index (χ0n) is 7.81. The molecule has 0 radical (unpaired) electrons. The van der Waals surface area contributed by atoms with E-state index in [1.807, 2.05) is 22.6 Å². The zero-order chi connectivity index (χ0) is 9.52. The Bertz CT molecular complexity index is 239. The molecule has 4 nitrogen and oxygen atoms in total. The van der Waals surface area contributed by atoms with Gasteiger partial charge < -0.3 is 5.11 Å². The molecule has 0 amide bonds. The van der Waals surface area contributed by atoms with Crippen LogP contribution in [-0.2, 0) is 13.0 Å². The molecule has 1 aromatic rings. The van der Waals surface area contributed by atoms with Crippen molar-refractivity contribution >= 4 is 11.8 Å². The van der Waals surface area contributed by atoms with E-state index in [9.17, 15) is 0 Å². The highest BCUT2D eigenvalue weighted by molar-refractivity contribution is 7.98. The van der Waals surface area contributed by atoms with E-state index < -0.39 is 0 Å². The maximum absolute atomic E-state index is 8.66. The van der Waals surface area contributed by atoms with E-state index in [1.165, 1.54) is 0 Å². The van der Waals surface area contributed by atoms with Crippen LogP contribution in [0.25, 0.3) is 0 Å². The van der Waals surface area contributed by atoms with Gasteiger partial charge in [0.1, 0.15) is 0 Å². The Hall–Kier alpha value is -0.550. The van der Waals surface area contributed by atoms with Gasteiger partial charge in [0.25, 0.3) is 0 Å². The van der Waals surface area contributed by atoms with Crippen LogP contribution in [0.4, 0.5) is 0 Å². The zero-order valence-corrected chi connectivity index (χ0v) is 8.63. The van der Waals surface area contributed by atoms with Gasteiger partial charge in [-0.25, -0.2) is 0 Å². The van der Waals surface area contributed by atoms with Gasteiger partial charge in [0.15, 0.2) is 0 Å². The molecule has 0 spiro atoms. The number of hydrogen-bond acceptors (Lipinski definition) is 4. The minimum atomic E-state index is 0.142. The summed E-state index contributed by atoms with van der Waals surface area (Å²) in [4.78, 5) is 0. The topological polar surface area (TPSA) is 50.9 Å². The highest BCUT2D eigenvalue weighted by atomic mass is 32.2. The summed E-state index contributed by atoms with van der Waals surface area (Å²) in [6, 6.07) is 0. The Kier molecular flexibility index (Phi) is 4.85. The van der Waals surface area contributed by atoms with Crippen LogP contribution in [0.2, 0.25) is 0 Å². The third-order valence-corrected chi connectivity index (χ3v) is 2.39. The molecule has 5 heteroatoms. The van der Waals surface area contributed by atoms with Gasteiger partial charge in [0.05, 0.1) is 5.69 Å². The van der Waals surface area contributed by atoms with Crippen LogP contribution in [-0.4, -0.2) is 38.7 Å². The molecule has 1 heterocycles. The normalized spacial score (nSPS) is 10.6. The quantitative estimate of drug-likeness (QED) is 0.683. The van der Waals surface area contributed by atoms with Crippen molar-refractivity contribution in [3.63, 3.8) is 0 Å². The van der Waals surface area contributed by atoms with Crippen molar-refractivity contribution in [2.75, 3.05) is 18.6 Å². The summed E-state index contributed by atoms with van der Waals surface area (Å²) < 4.78 is 1.83. The van der Waals surface area contributed by atoms with E-state index in [0.29, 0.717) is 6.42 Å². The summed E-state index contributed by atoms with van der Waals surface area (Å²) in [5.41, 5.74) is 0.867. The molecule has 1 aromatic heterocycles. The fourth-order valence-corrected chi connectivity index (χ4v) is 1.47. The number of thioether (sulfide) groups is 1. The maximum atomic E-state index is 8.66. The first-order valence-corrected chi connectivity index (χ1v) is 5.75. The first-order chi connectivity index (χ1) is 6.36. The van der Waals surface area contributed by atoms with Gasteiger partial charge in [-0.15, -0.1) is 5.10 Å².